The van der Waals surface area contributed by atoms with Crippen molar-refractivity contribution in [1.82, 2.24) is 0 Å². The lowest BCUT2D eigenvalue weighted by atomic mass is 10.2. The number of nitrogens with zero attached hydrogens (tertiary/aromatic N) is 1. The zero-order valence-electron chi connectivity index (χ0n) is 14.5. The van der Waals surface area contributed by atoms with Crippen molar-refractivity contribution < 1.29 is 32.8 Å². The standard InChI is InChI=1S/C17H12Cl2F2N2O6/c1-8(28-16(25)11-4-2-9(18)6-13(11)23(26)27)15(24)22-10-3-5-14(12(19)7-10)29-17(20)21/h2-8,17H,1H3,(H,22,24). The van der Waals surface area contributed by atoms with Crippen molar-refractivity contribution in [3.8, 4) is 5.75 Å². The summed E-state index contributed by atoms with van der Waals surface area (Å²) in [6.07, 6.45) is -1.34. The van der Waals surface area contributed by atoms with Gasteiger partial charge in [0, 0.05) is 16.8 Å². The van der Waals surface area contributed by atoms with Crippen molar-refractivity contribution in [2.75, 3.05) is 5.32 Å². The number of rotatable bonds is 7. The molecule has 0 aromatic heterocycles. The van der Waals surface area contributed by atoms with Crippen LogP contribution < -0.4 is 10.1 Å². The van der Waals surface area contributed by atoms with Gasteiger partial charge in [0.1, 0.15) is 11.3 Å². The molecule has 8 nitrogen and oxygen atoms in total. The van der Waals surface area contributed by atoms with Crippen molar-refractivity contribution in [2.24, 2.45) is 0 Å². The average molecular weight is 449 g/mol. The van der Waals surface area contributed by atoms with Gasteiger partial charge in [-0.15, -0.1) is 0 Å². The average Bonchev–Trinajstić information content (AvgIpc) is 2.63. The number of nitro benzene ring substituents is 1. The van der Waals surface area contributed by atoms with E-state index in [1.807, 2.05) is 0 Å². The third-order valence-electron chi connectivity index (χ3n) is 3.44. The molecular formula is C17H12Cl2F2N2O6. The minimum atomic E-state index is -3.07. The molecule has 2 aromatic rings. The second kappa shape index (κ2) is 9.48. The van der Waals surface area contributed by atoms with Gasteiger partial charge in [0.2, 0.25) is 0 Å². The molecule has 0 spiro atoms. The van der Waals surface area contributed by atoms with Gasteiger partial charge in [0.15, 0.2) is 6.10 Å². The molecule has 0 radical (unpaired) electrons. The molecule has 0 saturated heterocycles. The van der Waals surface area contributed by atoms with Crippen LogP contribution in [0.2, 0.25) is 10.0 Å². The van der Waals surface area contributed by atoms with Gasteiger partial charge in [-0.1, -0.05) is 23.2 Å². The molecule has 0 heterocycles. The number of anilines is 1. The number of alkyl halides is 2. The second-order valence-corrected chi connectivity index (χ2v) is 6.32. The normalized spacial score (nSPS) is 11.7. The molecule has 0 aliphatic rings. The molecule has 0 fully saturated rings. The van der Waals surface area contributed by atoms with Crippen LogP contribution in [0.3, 0.4) is 0 Å². The number of ether oxygens (including phenoxy) is 2. The van der Waals surface area contributed by atoms with Crippen molar-refractivity contribution in [2.45, 2.75) is 19.6 Å². The summed E-state index contributed by atoms with van der Waals surface area (Å²) in [6.45, 7) is -1.82. The molecule has 1 amide bonds. The Morgan fingerprint density at radius 3 is 2.45 bits per heavy atom. The van der Waals surface area contributed by atoms with Crippen LogP contribution in [0.5, 0.6) is 5.75 Å². The summed E-state index contributed by atoms with van der Waals surface area (Å²) in [4.78, 5) is 34.6. The summed E-state index contributed by atoms with van der Waals surface area (Å²) in [5.74, 6) is -2.17. The van der Waals surface area contributed by atoms with Gasteiger partial charge >= 0.3 is 12.6 Å². The smallest absolute Gasteiger partial charge is 0.387 e. The van der Waals surface area contributed by atoms with Crippen molar-refractivity contribution in [3.63, 3.8) is 0 Å². The third kappa shape index (κ3) is 6.00. The number of benzene rings is 2. The third-order valence-corrected chi connectivity index (χ3v) is 3.98. The largest absolute Gasteiger partial charge is 0.449 e. The Morgan fingerprint density at radius 1 is 1.17 bits per heavy atom. The molecule has 0 bridgehead atoms. The highest BCUT2D eigenvalue weighted by Crippen LogP contribution is 2.29. The summed E-state index contributed by atoms with van der Waals surface area (Å²) >= 11 is 11.5. The van der Waals surface area contributed by atoms with E-state index in [4.69, 9.17) is 27.9 Å². The number of amides is 1. The van der Waals surface area contributed by atoms with Crippen LogP contribution in [0.1, 0.15) is 17.3 Å². The minimum absolute atomic E-state index is 0.0511. The van der Waals surface area contributed by atoms with Gasteiger partial charge in [0.05, 0.1) is 9.95 Å². The van der Waals surface area contributed by atoms with Gasteiger partial charge in [-0.25, -0.2) is 4.79 Å². The Hall–Kier alpha value is -2.98. The summed E-state index contributed by atoms with van der Waals surface area (Å²) < 4.78 is 33.6. The van der Waals surface area contributed by atoms with E-state index in [2.05, 4.69) is 10.1 Å². The van der Waals surface area contributed by atoms with Crippen LogP contribution in [0.15, 0.2) is 36.4 Å². The number of hydrogen-bond acceptors (Lipinski definition) is 6. The predicted octanol–water partition coefficient (Wildman–Crippen LogP) is 4.69. The SMILES string of the molecule is CC(OC(=O)c1ccc(Cl)cc1[N+](=O)[O-])C(=O)Nc1ccc(OC(F)F)c(Cl)c1. The van der Waals surface area contributed by atoms with Crippen LogP contribution in [-0.4, -0.2) is 29.5 Å². The fourth-order valence-corrected chi connectivity index (χ4v) is 2.51. The van der Waals surface area contributed by atoms with Gasteiger partial charge in [-0.3, -0.25) is 14.9 Å². The maximum absolute atomic E-state index is 12.2. The lowest BCUT2D eigenvalue weighted by Gasteiger charge is -2.14. The van der Waals surface area contributed by atoms with Crippen LogP contribution >= 0.6 is 23.2 Å². The van der Waals surface area contributed by atoms with Gasteiger partial charge < -0.3 is 14.8 Å². The summed E-state index contributed by atoms with van der Waals surface area (Å²) in [5.41, 5.74) is -0.825. The first kappa shape index (κ1) is 22.3. The fourth-order valence-electron chi connectivity index (χ4n) is 2.12. The summed E-state index contributed by atoms with van der Waals surface area (Å²) in [6, 6.07) is 6.89. The monoisotopic (exact) mass is 448 g/mol. The number of carbonyl (C=O) groups is 2. The van der Waals surface area contributed by atoms with E-state index in [0.29, 0.717) is 0 Å². The van der Waals surface area contributed by atoms with E-state index in [0.717, 1.165) is 24.3 Å². The fraction of sp³-hybridized carbons (Fsp3) is 0.176. The van der Waals surface area contributed by atoms with Gasteiger partial charge in [0.25, 0.3) is 11.6 Å². The van der Waals surface area contributed by atoms with Crippen molar-refractivity contribution in [1.29, 1.82) is 0 Å². The molecule has 0 aliphatic heterocycles. The quantitative estimate of drug-likeness (QED) is 0.374. The number of nitrogens with one attached hydrogen (secondary N) is 1. The first-order valence-electron chi connectivity index (χ1n) is 7.78. The maximum atomic E-state index is 12.2. The lowest BCUT2D eigenvalue weighted by molar-refractivity contribution is -0.385. The molecule has 1 N–H and O–H groups in total. The van der Waals surface area contributed by atoms with Crippen molar-refractivity contribution >= 4 is 46.5 Å². The topological polar surface area (TPSA) is 108 Å². The van der Waals surface area contributed by atoms with Gasteiger partial charge in [-0.2, -0.15) is 8.78 Å². The molecule has 2 aromatic carbocycles. The Balaban J connectivity index is 2.07. The Morgan fingerprint density at radius 2 is 1.86 bits per heavy atom. The lowest BCUT2D eigenvalue weighted by Crippen LogP contribution is -2.30. The van der Waals surface area contributed by atoms with Gasteiger partial charge in [-0.05, 0) is 37.3 Å². The first-order valence-corrected chi connectivity index (χ1v) is 8.54. The highest BCUT2D eigenvalue weighted by molar-refractivity contribution is 6.32. The highest BCUT2D eigenvalue weighted by atomic mass is 35.5. The number of esters is 1. The summed E-state index contributed by atoms with van der Waals surface area (Å²) in [7, 11) is 0. The van der Waals surface area contributed by atoms with E-state index < -0.39 is 35.2 Å². The maximum Gasteiger partial charge on any atom is 0.387 e. The second-order valence-electron chi connectivity index (χ2n) is 5.48. The number of hydrogen-bond donors (Lipinski definition) is 1. The van der Waals surface area contributed by atoms with E-state index >= 15 is 0 Å². The molecule has 29 heavy (non-hydrogen) atoms. The number of nitro groups is 1. The first-order chi connectivity index (χ1) is 13.6. The van der Waals surface area contributed by atoms with Crippen LogP contribution in [0.4, 0.5) is 20.2 Å². The van der Waals surface area contributed by atoms with Crippen LogP contribution in [-0.2, 0) is 9.53 Å². The molecule has 1 unspecified atom stereocenters. The molecule has 2 rings (SSSR count). The molecule has 0 saturated carbocycles. The molecule has 12 heteroatoms. The Labute approximate surface area is 172 Å². The zero-order chi connectivity index (χ0) is 21.7. The predicted molar refractivity (Wildman–Crippen MR) is 99.7 cm³/mol. The molecule has 154 valence electrons. The van der Waals surface area contributed by atoms with E-state index in [1.165, 1.54) is 19.1 Å². The highest BCUT2D eigenvalue weighted by Gasteiger charge is 2.26. The molecular weight excluding hydrogens is 437 g/mol. The molecule has 0 aliphatic carbocycles. The van der Waals surface area contributed by atoms with E-state index in [1.54, 1.807) is 0 Å². The number of carbonyl (C=O) groups excluding carboxylic acids is 2. The van der Waals surface area contributed by atoms with E-state index in [-0.39, 0.29) is 27.0 Å². The Bertz CT molecular complexity index is 958. The molecule has 1 atom stereocenters. The summed E-state index contributed by atoms with van der Waals surface area (Å²) in [5, 5.41) is 13.3. The van der Waals surface area contributed by atoms with Crippen molar-refractivity contribution in [3.05, 3.63) is 62.1 Å². The number of halogens is 4. The minimum Gasteiger partial charge on any atom is -0.449 e. The Kier molecular flexibility index (Phi) is 7.29. The van der Waals surface area contributed by atoms with Crippen LogP contribution in [0.25, 0.3) is 0 Å². The van der Waals surface area contributed by atoms with E-state index in [9.17, 15) is 28.5 Å². The van der Waals surface area contributed by atoms with Crippen LogP contribution in [0, 0.1) is 10.1 Å². The zero-order valence-corrected chi connectivity index (χ0v) is 16.0.